The Kier molecular flexibility index (Phi) is 6.60. The van der Waals surface area contributed by atoms with Crippen LogP contribution in [0.3, 0.4) is 0 Å². The molecule has 0 bridgehead atoms. The first-order valence-corrected chi connectivity index (χ1v) is 13.1. The summed E-state index contributed by atoms with van der Waals surface area (Å²) >= 11 is 1.30. The van der Waals surface area contributed by atoms with E-state index in [4.69, 9.17) is 4.74 Å². The van der Waals surface area contributed by atoms with Crippen LogP contribution in [-0.2, 0) is 21.8 Å². The Bertz CT molecular complexity index is 1260. The topological polar surface area (TPSA) is 84.7 Å². The van der Waals surface area contributed by atoms with Crippen molar-refractivity contribution in [2.24, 2.45) is 7.05 Å². The van der Waals surface area contributed by atoms with E-state index in [1.54, 1.807) is 30.0 Å². The number of benzene rings is 1. The zero-order valence-electron chi connectivity index (χ0n) is 19.2. The summed E-state index contributed by atoms with van der Waals surface area (Å²) in [6.45, 7) is 7.91. The van der Waals surface area contributed by atoms with Gasteiger partial charge in [-0.05, 0) is 39.0 Å². The number of thiazole rings is 1. The number of carbonyl (C=O) groups is 1. The van der Waals surface area contributed by atoms with E-state index in [2.05, 4.69) is 4.98 Å². The van der Waals surface area contributed by atoms with E-state index in [0.29, 0.717) is 65.5 Å². The molecule has 8 nitrogen and oxygen atoms in total. The smallest absolute Gasteiger partial charge is 0.266 e. The number of sulfonamides is 1. The maximum Gasteiger partial charge on any atom is 0.266 e. The van der Waals surface area contributed by atoms with E-state index in [-0.39, 0.29) is 10.8 Å². The molecule has 176 valence electrons. The van der Waals surface area contributed by atoms with Gasteiger partial charge in [0.1, 0.15) is 14.8 Å². The van der Waals surface area contributed by atoms with E-state index in [9.17, 15) is 13.2 Å². The third-order valence-electron chi connectivity index (χ3n) is 5.90. The van der Waals surface area contributed by atoms with Gasteiger partial charge in [0, 0.05) is 32.4 Å². The summed E-state index contributed by atoms with van der Waals surface area (Å²) in [5, 5.41) is 0.624. The summed E-state index contributed by atoms with van der Waals surface area (Å²) in [7, 11) is -1.96. The molecule has 1 fully saturated rings. The van der Waals surface area contributed by atoms with Crippen LogP contribution in [0.25, 0.3) is 10.7 Å². The fraction of sp³-hybridized carbons (Fsp3) is 0.391. The van der Waals surface area contributed by atoms with Gasteiger partial charge < -0.3 is 14.2 Å². The van der Waals surface area contributed by atoms with Crippen LogP contribution in [-0.4, -0.2) is 61.6 Å². The highest BCUT2D eigenvalue weighted by Gasteiger charge is 2.30. The van der Waals surface area contributed by atoms with Crippen molar-refractivity contribution < 1.29 is 17.9 Å². The number of carbonyl (C=O) groups excluding carboxylic acids is 1. The van der Waals surface area contributed by atoms with E-state index in [1.807, 2.05) is 43.7 Å². The number of morpholine rings is 1. The second-order valence-corrected chi connectivity index (χ2v) is 10.7. The number of rotatable bonds is 6. The molecule has 2 aromatic heterocycles. The van der Waals surface area contributed by atoms with Gasteiger partial charge in [-0.2, -0.15) is 0 Å². The number of ether oxygens (including phenoxy) is 1. The molecule has 0 spiro atoms. The van der Waals surface area contributed by atoms with Crippen molar-refractivity contribution in [3.05, 3.63) is 52.7 Å². The molecular weight excluding hydrogens is 460 g/mol. The van der Waals surface area contributed by atoms with Crippen LogP contribution in [0, 0.1) is 13.8 Å². The molecule has 0 N–H and O–H groups in total. The van der Waals surface area contributed by atoms with Crippen molar-refractivity contribution >= 4 is 33.0 Å². The average molecular weight is 489 g/mol. The van der Waals surface area contributed by atoms with Crippen molar-refractivity contribution in [1.29, 1.82) is 0 Å². The zero-order valence-corrected chi connectivity index (χ0v) is 20.9. The van der Waals surface area contributed by atoms with Crippen LogP contribution in [0.1, 0.15) is 28.0 Å². The normalized spacial score (nSPS) is 14.5. The molecule has 1 aliphatic rings. The summed E-state index contributed by atoms with van der Waals surface area (Å²) in [6, 6.07) is 10.7. The van der Waals surface area contributed by atoms with Gasteiger partial charge in [0.15, 0.2) is 0 Å². The Morgan fingerprint density at radius 1 is 1.18 bits per heavy atom. The predicted molar refractivity (Wildman–Crippen MR) is 129 cm³/mol. The van der Waals surface area contributed by atoms with Gasteiger partial charge in [-0.3, -0.25) is 9.10 Å². The SMILES string of the molecule is CCN(c1ccccc1)S(=O)(=O)c1cc(-c2nc(C)c(C(=O)N3CCOCC3)s2)n(C)c1C. The minimum atomic E-state index is -3.78. The minimum Gasteiger partial charge on any atom is -0.378 e. The molecule has 3 heterocycles. The third kappa shape index (κ3) is 4.30. The van der Waals surface area contributed by atoms with Crippen molar-refractivity contribution in [3.8, 4) is 10.7 Å². The number of amides is 1. The lowest BCUT2D eigenvalue weighted by Gasteiger charge is -2.26. The summed E-state index contributed by atoms with van der Waals surface area (Å²) in [6.07, 6.45) is 0. The van der Waals surface area contributed by atoms with Crippen molar-refractivity contribution in [2.45, 2.75) is 25.7 Å². The first-order chi connectivity index (χ1) is 15.8. The Morgan fingerprint density at radius 2 is 1.85 bits per heavy atom. The monoisotopic (exact) mass is 488 g/mol. The molecule has 33 heavy (non-hydrogen) atoms. The fourth-order valence-electron chi connectivity index (χ4n) is 3.96. The highest BCUT2D eigenvalue weighted by molar-refractivity contribution is 7.92. The number of nitrogens with zero attached hydrogens (tertiary/aromatic N) is 4. The van der Waals surface area contributed by atoms with Crippen LogP contribution in [0.5, 0.6) is 0 Å². The summed E-state index contributed by atoms with van der Waals surface area (Å²) < 4.78 is 35.8. The van der Waals surface area contributed by atoms with E-state index in [1.165, 1.54) is 15.6 Å². The molecule has 0 radical (unpaired) electrons. The van der Waals surface area contributed by atoms with Crippen LogP contribution in [0.4, 0.5) is 5.69 Å². The number of aromatic nitrogens is 2. The number of aryl methyl sites for hydroxylation is 1. The Labute approximate surface area is 198 Å². The quantitative estimate of drug-likeness (QED) is 0.531. The largest absolute Gasteiger partial charge is 0.378 e. The van der Waals surface area contributed by atoms with E-state index < -0.39 is 10.0 Å². The van der Waals surface area contributed by atoms with Gasteiger partial charge in [0.2, 0.25) is 0 Å². The van der Waals surface area contributed by atoms with Gasteiger partial charge in [0.25, 0.3) is 15.9 Å². The first-order valence-electron chi connectivity index (χ1n) is 10.8. The minimum absolute atomic E-state index is 0.0560. The van der Waals surface area contributed by atoms with Crippen molar-refractivity contribution in [3.63, 3.8) is 0 Å². The molecule has 1 amide bonds. The van der Waals surface area contributed by atoms with Crippen molar-refractivity contribution in [1.82, 2.24) is 14.5 Å². The zero-order chi connectivity index (χ0) is 23.8. The number of hydrogen-bond donors (Lipinski definition) is 0. The molecule has 1 aromatic carbocycles. The van der Waals surface area contributed by atoms with E-state index in [0.717, 1.165) is 0 Å². The Morgan fingerprint density at radius 3 is 2.48 bits per heavy atom. The molecule has 1 saturated heterocycles. The van der Waals surface area contributed by atoms with E-state index >= 15 is 0 Å². The number of anilines is 1. The van der Waals surface area contributed by atoms with Gasteiger partial charge >= 0.3 is 0 Å². The molecule has 0 unspecified atom stereocenters. The lowest BCUT2D eigenvalue weighted by atomic mass is 10.3. The second-order valence-electron chi connectivity index (χ2n) is 7.88. The molecule has 0 aliphatic carbocycles. The Hall–Kier alpha value is -2.69. The van der Waals surface area contributed by atoms with Gasteiger partial charge in [-0.25, -0.2) is 13.4 Å². The fourth-order valence-corrected chi connectivity index (χ4v) is 6.79. The maximum atomic E-state index is 13.6. The highest BCUT2D eigenvalue weighted by Crippen LogP contribution is 2.35. The molecule has 10 heteroatoms. The molecule has 4 rings (SSSR count). The Balaban J connectivity index is 1.71. The third-order valence-corrected chi connectivity index (χ3v) is 9.08. The highest BCUT2D eigenvalue weighted by atomic mass is 32.2. The molecule has 1 aliphatic heterocycles. The van der Waals surface area contributed by atoms with Crippen LogP contribution >= 0.6 is 11.3 Å². The summed E-state index contributed by atoms with van der Waals surface area (Å²) in [4.78, 5) is 20.2. The van der Waals surface area contributed by atoms with Crippen LogP contribution in [0.2, 0.25) is 0 Å². The maximum absolute atomic E-state index is 13.6. The molecule has 0 atom stereocenters. The van der Waals surface area contributed by atoms with Crippen LogP contribution in [0.15, 0.2) is 41.3 Å². The van der Waals surface area contributed by atoms with Crippen molar-refractivity contribution in [2.75, 3.05) is 37.2 Å². The first kappa shape index (κ1) is 23.5. The predicted octanol–water partition coefficient (Wildman–Crippen LogP) is 3.45. The number of para-hydroxylation sites is 1. The standard InChI is InChI=1S/C23H28N4O4S2/c1-5-27(18-9-7-6-8-10-18)33(29,30)20-15-19(25(4)17(20)3)22-24-16(2)21(32-22)23(28)26-11-13-31-14-12-26/h6-10,15H,5,11-14H2,1-4H3. The van der Waals surface area contributed by atoms with Crippen LogP contribution < -0.4 is 4.31 Å². The van der Waals surface area contributed by atoms with Gasteiger partial charge in [-0.1, -0.05) is 18.2 Å². The summed E-state index contributed by atoms with van der Waals surface area (Å²) in [5.41, 5.74) is 2.56. The molecular formula is C23H28N4O4S2. The van der Waals surface area contributed by atoms with Gasteiger partial charge in [0.05, 0.1) is 30.3 Å². The summed E-state index contributed by atoms with van der Waals surface area (Å²) in [5.74, 6) is -0.0560. The lowest BCUT2D eigenvalue weighted by molar-refractivity contribution is 0.0305. The average Bonchev–Trinajstić information content (AvgIpc) is 3.34. The molecule has 0 saturated carbocycles. The number of hydrogen-bond acceptors (Lipinski definition) is 6. The second kappa shape index (κ2) is 9.28. The van der Waals surface area contributed by atoms with Gasteiger partial charge in [-0.15, -0.1) is 11.3 Å². The lowest BCUT2D eigenvalue weighted by Crippen LogP contribution is -2.40. The molecule has 3 aromatic rings.